The second kappa shape index (κ2) is 6.28. The number of esters is 1. The van der Waals surface area contributed by atoms with Crippen LogP contribution in [0.5, 0.6) is 5.75 Å². The second-order valence-corrected chi connectivity index (χ2v) is 4.26. The van der Waals surface area contributed by atoms with Crippen molar-refractivity contribution in [1.82, 2.24) is 0 Å². The Bertz CT molecular complexity index is 406. The van der Waals surface area contributed by atoms with Crippen LogP contribution >= 0.6 is 0 Å². The Hall–Kier alpha value is -1.71. The Morgan fingerprint density at radius 3 is 2.67 bits per heavy atom. The van der Waals surface area contributed by atoms with Gasteiger partial charge in [-0.3, -0.25) is 0 Å². The molecule has 4 nitrogen and oxygen atoms in total. The van der Waals surface area contributed by atoms with Crippen LogP contribution in [0.3, 0.4) is 0 Å². The van der Waals surface area contributed by atoms with Gasteiger partial charge in [0.25, 0.3) is 0 Å². The monoisotopic (exact) mass is 251 g/mol. The fourth-order valence-electron chi connectivity index (χ4n) is 1.59. The van der Waals surface area contributed by atoms with E-state index in [9.17, 15) is 4.79 Å². The molecule has 100 valence electrons. The van der Waals surface area contributed by atoms with Crippen molar-refractivity contribution in [2.45, 2.75) is 32.7 Å². The molecule has 1 N–H and O–H groups in total. The van der Waals surface area contributed by atoms with Gasteiger partial charge in [-0.05, 0) is 32.4 Å². The maximum absolute atomic E-state index is 11.9. The Morgan fingerprint density at radius 1 is 1.39 bits per heavy atom. The first kappa shape index (κ1) is 14.4. The van der Waals surface area contributed by atoms with Crippen molar-refractivity contribution in [2.75, 3.05) is 19.0 Å². The maximum Gasteiger partial charge on any atom is 0.331 e. The standard InChI is InChI=1S/C14H21NO3/c1-5-14(3,13(16)18-6-2)15-11-8-7-9-12(10-11)17-4/h7-10,15H,5-6H2,1-4H3. The third-order valence-electron chi connectivity index (χ3n) is 2.92. The minimum Gasteiger partial charge on any atom is -0.497 e. The van der Waals surface area contributed by atoms with E-state index in [1.165, 1.54) is 0 Å². The number of carbonyl (C=O) groups excluding carboxylic acids is 1. The number of nitrogens with one attached hydrogen (secondary N) is 1. The minimum absolute atomic E-state index is 0.240. The number of hydrogen-bond acceptors (Lipinski definition) is 4. The van der Waals surface area contributed by atoms with Crippen LogP contribution in [0.4, 0.5) is 5.69 Å². The van der Waals surface area contributed by atoms with Crippen LogP contribution in [0.25, 0.3) is 0 Å². The van der Waals surface area contributed by atoms with Crippen LogP contribution in [0.2, 0.25) is 0 Å². The molecule has 0 radical (unpaired) electrons. The summed E-state index contributed by atoms with van der Waals surface area (Å²) in [7, 11) is 1.61. The normalized spacial score (nSPS) is 13.6. The molecule has 0 aliphatic carbocycles. The zero-order chi connectivity index (χ0) is 13.6. The van der Waals surface area contributed by atoms with Crippen molar-refractivity contribution < 1.29 is 14.3 Å². The number of benzene rings is 1. The summed E-state index contributed by atoms with van der Waals surface area (Å²) in [6.45, 7) is 5.97. The third-order valence-corrected chi connectivity index (χ3v) is 2.92. The van der Waals surface area contributed by atoms with E-state index in [0.29, 0.717) is 13.0 Å². The largest absolute Gasteiger partial charge is 0.497 e. The van der Waals surface area contributed by atoms with Crippen LogP contribution in [-0.4, -0.2) is 25.2 Å². The first-order valence-corrected chi connectivity index (χ1v) is 6.15. The van der Waals surface area contributed by atoms with E-state index in [1.54, 1.807) is 14.0 Å². The average molecular weight is 251 g/mol. The Morgan fingerprint density at radius 2 is 2.11 bits per heavy atom. The first-order valence-electron chi connectivity index (χ1n) is 6.15. The predicted molar refractivity (Wildman–Crippen MR) is 71.9 cm³/mol. The SMILES string of the molecule is CCOC(=O)C(C)(CC)Nc1cccc(OC)c1. The molecule has 4 heteroatoms. The summed E-state index contributed by atoms with van der Waals surface area (Å²) < 4.78 is 10.2. The number of methoxy groups -OCH3 is 1. The molecule has 0 aliphatic heterocycles. The first-order chi connectivity index (χ1) is 8.55. The van der Waals surface area contributed by atoms with Crippen LogP contribution in [0.15, 0.2) is 24.3 Å². The van der Waals surface area contributed by atoms with Gasteiger partial charge >= 0.3 is 5.97 Å². The highest BCUT2D eigenvalue weighted by atomic mass is 16.5. The van der Waals surface area contributed by atoms with Crippen molar-refractivity contribution in [2.24, 2.45) is 0 Å². The summed E-state index contributed by atoms with van der Waals surface area (Å²) in [5.41, 5.74) is 0.120. The number of hydrogen-bond donors (Lipinski definition) is 1. The molecule has 18 heavy (non-hydrogen) atoms. The summed E-state index contributed by atoms with van der Waals surface area (Å²) in [4.78, 5) is 11.9. The molecular formula is C14H21NO3. The summed E-state index contributed by atoms with van der Waals surface area (Å²) in [6, 6.07) is 7.49. The second-order valence-electron chi connectivity index (χ2n) is 4.26. The number of anilines is 1. The van der Waals surface area contributed by atoms with Crippen LogP contribution in [-0.2, 0) is 9.53 Å². The van der Waals surface area contributed by atoms with Crippen molar-refractivity contribution in [1.29, 1.82) is 0 Å². The highest BCUT2D eigenvalue weighted by molar-refractivity contribution is 5.84. The van der Waals surface area contributed by atoms with Crippen molar-refractivity contribution in [3.05, 3.63) is 24.3 Å². The van der Waals surface area contributed by atoms with Gasteiger partial charge in [-0.25, -0.2) is 4.79 Å². The Balaban J connectivity index is 2.87. The zero-order valence-electron chi connectivity index (χ0n) is 11.4. The molecule has 0 bridgehead atoms. The van der Waals surface area contributed by atoms with Crippen LogP contribution < -0.4 is 10.1 Å². The van der Waals surface area contributed by atoms with Gasteiger partial charge < -0.3 is 14.8 Å². The summed E-state index contributed by atoms with van der Waals surface area (Å²) in [5.74, 6) is 0.512. The van der Waals surface area contributed by atoms with Gasteiger partial charge in [0.2, 0.25) is 0 Å². The third kappa shape index (κ3) is 3.39. The number of ether oxygens (including phenoxy) is 2. The van der Waals surface area contributed by atoms with E-state index in [-0.39, 0.29) is 5.97 Å². The summed E-state index contributed by atoms with van der Waals surface area (Å²) in [6.07, 6.45) is 0.642. The average Bonchev–Trinajstić information content (AvgIpc) is 2.39. The van der Waals surface area contributed by atoms with Crippen LogP contribution in [0.1, 0.15) is 27.2 Å². The fraction of sp³-hybridized carbons (Fsp3) is 0.500. The highest BCUT2D eigenvalue weighted by Gasteiger charge is 2.32. The molecule has 0 aliphatic rings. The maximum atomic E-state index is 11.9. The van der Waals surface area contributed by atoms with Crippen molar-refractivity contribution >= 4 is 11.7 Å². The molecule has 0 aromatic heterocycles. The molecule has 1 rings (SSSR count). The lowest BCUT2D eigenvalue weighted by molar-refractivity contribution is -0.148. The predicted octanol–water partition coefficient (Wildman–Crippen LogP) is 2.84. The van der Waals surface area contributed by atoms with E-state index in [0.717, 1.165) is 11.4 Å². The Kier molecular flexibility index (Phi) is 5.01. The van der Waals surface area contributed by atoms with Gasteiger partial charge in [-0.15, -0.1) is 0 Å². The number of rotatable bonds is 6. The summed E-state index contributed by atoms with van der Waals surface area (Å²) >= 11 is 0. The van der Waals surface area contributed by atoms with Crippen molar-refractivity contribution in [3.63, 3.8) is 0 Å². The highest BCUT2D eigenvalue weighted by Crippen LogP contribution is 2.23. The van der Waals surface area contributed by atoms with Gasteiger partial charge in [0.1, 0.15) is 11.3 Å². The van der Waals surface area contributed by atoms with Gasteiger partial charge in [0.15, 0.2) is 0 Å². The molecule has 0 heterocycles. The summed E-state index contributed by atoms with van der Waals surface area (Å²) in [5, 5.41) is 3.21. The van der Waals surface area contributed by atoms with Gasteiger partial charge in [-0.1, -0.05) is 13.0 Å². The van der Waals surface area contributed by atoms with Gasteiger partial charge in [-0.2, -0.15) is 0 Å². The lowest BCUT2D eigenvalue weighted by atomic mass is 9.98. The molecule has 0 fully saturated rings. The zero-order valence-corrected chi connectivity index (χ0v) is 11.4. The molecule has 0 spiro atoms. The van der Waals surface area contributed by atoms with Gasteiger partial charge in [0.05, 0.1) is 13.7 Å². The molecule has 1 aromatic carbocycles. The smallest absolute Gasteiger partial charge is 0.331 e. The minimum atomic E-state index is -0.720. The molecule has 0 amide bonds. The molecule has 1 unspecified atom stereocenters. The molecule has 0 saturated heterocycles. The Labute approximate surface area is 108 Å². The molecule has 1 atom stereocenters. The number of carbonyl (C=O) groups is 1. The molecule has 0 saturated carbocycles. The lowest BCUT2D eigenvalue weighted by Crippen LogP contribution is -2.44. The van der Waals surface area contributed by atoms with Gasteiger partial charge in [0, 0.05) is 11.8 Å². The lowest BCUT2D eigenvalue weighted by Gasteiger charge is -2.28. The van der Waals surface area contributed by atoms with E-state index in [1.807, 2.05) is 38.1 Å². The van der Waals surface area contributed by atoms with E-state index in [4.69, 9.17) is 9.47 Å². The van der Waals surface area contributed by atoms with Crippen molar-refractivity contribution in [3.8, 4) is 5.75 Å². The molecular weight excluding hydrogens is 230 g/mol. The van der Waals surface area contributed by atoms with E-state index < -0.39 is 5.54 Å². The van der Waals surface area contributed by atoms with E-state index in [2.05, 4.69) is 5.32 Å². The fourth-order valence-corrected chi connectivity index (χ4v) is 1.59. The van der Waals surface area contributed by atoms with E-state index >= 15 is 0 Å². The quantitative estimate of drug-likeness (QED) is 0.790. The van der Waals surface area contributed by atoms with Crippen LogP contribution in [0, 0.1) is 0 Å². The molecule has 1 aromatic rings. The topological polar surface area (TPSA) is 47.6 Å².